The second-order valence-electron chi connectivity index (χ2n) is 5.45. The normalized spacial score (nSPS) is 30.0. The smallest absolute Gasteiger partial charge is 0.309 e. The van der Waals surface area contributed by atoms with Crippen LogP contribution in [-0.2, 0) is 4.79 Å². The van der Waals surface area contributed by atoms with Gasteiger partial charge < -0.3 is 5.11 Å². The third kappa shape index (κ3) is 3.10. The fourth-order valence-electron chi connectivity index (χ4n) is 2.97. The van der Waals surface area contributed by atoms with Crippen molar-refractivity contribution in [3.63, 3.8) is 0 Å². The van der Waals surface area contributed by atoms with E-state index in [0.29, 0.717) is 6.42 Å². The number of hydrogen-bond donors (Lipinski definition) is 1. The zero-order valence-corrected chi connectivity index (χ0v) is 10.6. The van der Waals surface area contributed by atoms with Crippen molar-refractivity contribution in [2.24, 2.45) is 11.3 Å². The van der Waals surface area contributed by atoms with Crippen molar-refractivity contribution in [2.45, 2.75) is 58.8 Å². The molecule has 16 heavy (non-hydrogen) atoms. The van der Waals surface area contributed by atoms with Gasteiger partial charge in [0.1, 0.15) is 0 Å². The zero-order chi connectivity index (χ0) is 12.2. The van der Waals surface area contributed by atoms with Gasteiger partial charge in [-0.2, -0.15) is 0 Å². The van der Waals surface area contributed by atoms with E-state index in [9.17, 15) is 9.90 Å². The SMILES string of the molecule is C=C(C)CC1(C(=O)O)CCC(CCC)CC1. The van der Waals surface area contributed by atoms with Gasteiger partial charge in [0.15, 0.2) is 0 Å². The lowest BCUT2D eigenvalue weighted by Crippen LogP contribution is -2.35. The average Bonchev–Trinajstić information content (AvgIpc) is 2.20. The Kier molecular flexibility index (Phi) is 4.57. The van der Waals surface area contributed by atoms with Gasteiger partial charge in [0.25, 0.3) is 0 Å². The van der Waals surface area contributed by atoms with Crippen LogP contribution in [0.3, 0.4) is 0 Å². The molecule has 0 saturated heterocycles. The molecule has 0 aliphatic heterocycles. The maximum Gasteiger partial charge on any atom is 0.309 e. The van der Waals surface area contributed by atoms with Crippen LogP contribution >= 0.6 is 0 Å². The Labute approximate surface area is 98.7 Å². The first-order valence-electron chi connectivity index (χ1n) is 6.38. The van der Waals surface area contributed by atoms with E-state index in [-0.39, 0.29) is 0 Å². The van der Waals surface area contributed by atoms with Crippen molar-refractivity contribution in [3.8, 4) is 0 Å². The predicted octanol–water partition coefficient (Wildman–Crippen LogP) is 4.01. The molecule has 1 fully saturated rings. The highest BCUT2D eigenvalue weighted by molar-refractivity contribution is 5.75. The molecule has 1 aliphatic carbocycles. The van der Waals surface area contributed by atoms with E-state index in [1.165, 1.54) is 12.8 Å². The maximum absolute atomic E-state index is 11.4. The fourth-order valence-corrected chi connectivity index (χ4v) is 2.97. The highest BCUT2D eigenvalue weighted by atomic mass is 16.4. The topological polar surface area (TPSA) is 37.3 Å². The van der Waals surface area contributed by atoms with Crippen molar-refractivity contribution in [1.82, 2.24) is 0 Å². The van der Waals surface area contributed by atoms with Crippen LogP contribution in [0.1, 0.15) is 58.8 Å². The molecule has 1 rings (SSSR count). The summed E-state index contributed by atoms with van der Waals surface area (Å²) < 4.78 is 0. The summed E-state index contributed by atoms with van der Waals surface area (Å²) in [6, 6.07) is 0. The van der Waals surface area contributed by atoms with Gasteiger partial charge in [0, 0.05) is 0 Å². The quantitative estimate of drug-likeness (QED) is 0.716. The molecule has 1 saturated carbocycles. The Morgan fingerprint density at radius 3 is 2.38 bits per heavy atom. The van der Waals surface area contributed by atoms with Crippen LogP contribution in [0.25, 0.3) is 0 Å². The Morgan fingerprint density at radius 2 is 2.00 bits per heavy atom. The summed E-state index contributed by atoms with van der Waals surface area (Å²) in [7, 11) is 0. The summed E-state index contributed by atoms with van der Waals surface area (Å²) in [4.78, 5) is 11.4. The molecule has 1 aliphatic rings. The van der Waals surface area contributed by atoms with E-state index >= 15 is 0 Å². The first-order valence-corrected chi connectivity index (χ1v) is 6.38. The molecule has 1 N–H and O–H groups in total. The molecule has 0 bridgehead atoms. The molecule has 0 aromatic heterocycles. The van der Waals surface area contributed by atoms with Crippen LogP contribution in [0.2, 0.25) is 0 Å². The molecule has 0 aromatic carbocycles. The molecular weight excluding hydrogens is 200 g/mol. The molecule has 2 nitrogen and oxygen atoms in total. The van der Waals surface area contributed by atoms with Crippen LogP contribution in [0.4, 0.5) is 0 Å². The zero-order valence-electron chi connectivity index (χ0n) is 10.6. The van der Waals surface area contributed by atoms with Gasteiger partial charge in [-0.3, -0.25) is 4.79 Å². The molecule has 0 amide bonds. The van der Waals surface area contributed by atoms with E-state index < -0.39 is 11.4 Å². The molecule has 92 valence electrons. The first-order chi connectivity index (χ1) is 7.50. The lowest BCUT2D eigenvalue weighted by atomic mass is 9.67. The van der Waals surface area contributed by atoms with Crippen molar-refractivity contribution in [3.05, 3.63) is 12.2 Å². The number of carboxylic acids is 1. The van der Waals surface area contributed by atoms with Gasteiger partial charge in [0.05, 0.1) is 5.41 Å². The van der Waals surface area contributed by atoms with Gasteiger partial charge >= 0.3 is 5.97 Å². The molecule has 0 atom stereocenters. The average molecular weight is 224 g/mol. The number of carboxylic acid groups (broad SMARTS) is 1. The standard InChI is InChI=1S/C14H24O2/c1-4-5-12-6-8-14(9-7-12,13(15)16)10-11(2)3/h12H,2,4-10H2,1,3H3,(H,15,16). The Balaban J connectivity index is 2.62. The van der Waals surface area contributed by atoms with Crippen molar-refractivity contribution in [2.75, 3.05) is 0 Å². The summed E-state index contributed by atoms with van der Waals surface area (Å²) >= 11 is 0. The molecule has 2 heteroatoms. The van der Waals surface area contributed by atoms with Crippen LogP contribution < -0.4 is 0 Å². The molecule has 0 spiro atoms. The van der Waals surface area contributed by atoms with E-state index in [1.54, 1.807) is 0 Å². The third-order valence-corrected chi connectivity index (χ3v) is 3.85. The van der Waals surface area contributed by atoms with E-state index in [2.05, 4.69) is 13.5 Å². The largest absolute Gasteiger partial charge is 0.481 e. The summed E-state index contributed by atoms with van der Waals surface area (Å²) in [6.45, 7) is 8.00. The minimum Gasteiger partial charge on any atom is -0.481 e. The Hall–Kier alpha value is -0.790. The maximum atomic E-state index is 11.4. The highest BCUT2D eigenvalue weighted by Crippen LogP contribution is 2.44. The summed E-state index contributed by atoms with van der Waals surface area (Å²) in [6.07, 6.45) is 6.94. The minimum absolute atomic E-state index is 0.504. The van der Waals surface area contributed by atoms with Crippen LogP contribution in [0, 0.1) is 11.3 Å². The van der Waals surface area contributed by atoms with Crippen molar-refractivity contribution in [1.29, 1.82) is 0 Å². The van der Waals surface area contributed by atoms with Gasteiger partial charge in [0.2, 0.25) is 0 Å². The first kappa shape index (κ1) is 13.3. The monoisotopic (exact) mass is 224 g/mol. The summed E-state index contributed by atoms with van der Waals surface area (Å²) in [5.74, 6) is 0.132. The summed E-state index contributed by atoms with van der Waals surface area (Å²) in [5.41, 5.74) is 0.493. The number of carbonyl (C=O) groups is 1. The predicted molar refractivity (Wildman–Crippen MR) is 66.4 cm³/mol. The third-order valence-electron chi connectivity index (χ3n) is 3.85. The fraction of sp³-hybridized carbons (Fsp3) is 0.786. The molecule has 0 heterocycles. The van der Waals surface area contributed by atoms with Crippen molar-refractivity contribution >= 4 is 5.97 Å². The van der Waals surface area contributed by atoms with Gasteiger partial charge in [-0.1, -0.05) is 25.3 Å². The molecular formula is C14H24O2. The number of rotatable bonds is 5. The second-order valence-corrected chi connectivity index (χ2v) is 5.45. The van der Waals surface area contributed by atoms with Gasteiger partial charge in [-0.25, -0.2) is 0 Å². The Morgan fingerprint density at radius 1 is 1.44 bits per heavy atom. The second kappa shape index (κ2) is 5.51. The summed E-state index contributed by atoms with van der Waals surface area (Å²) in [5, 5.41) is 9.41. The highest BCUT2D eigenvalue weighted by Gasteiger charge is 2.41. The molecule has 0 aromatic rings. The molecule has 0 radical (unpaired) electrons. The van der Waals surface area contributed by atoms with Crippen molar-refractivity contribution < 1.29 is 9.90 Å². The van der Waals surface area contributed by atoms with Crippen LogP contribution in [0.15, 0.2) is 12.2 Å². The minimum atomic E-state index is -0.620. The van der Waals surface area contributed by atoms with Crippen LogP contribution in [-0.4, -0.2) is 11.1 Å². The van der Waals surface area contributed by atoms with E-state index in [1.807, 2.05) is 6.92 Å². The van der Waals surface area contributed by atoms with E-state index in [4.69, 9.17) is 0 Å². The van der Waals surface area contributed by atoms with Gasteiger partial charge in [-0.05, 0) is 44.9 Å². The molecule has 0 unspecified atom stereocenters. The number of allylic oxidation sites excluding steroid dienone is 1. The number of hydrogen-bond acceptors (Lipinski definition) is 1. The van der Waals surface area contributed by atoms with Crippen LogP contribution in [0.5, 0.6) is 0 Å². The van der Waals surface area contributed by atoms with Gasteiger partial charge in [-0.15, -0.1) is 6.58 Å². The van der Waals surface area contributed by atoms with E-state index in [0.717, 1.165) is 37.2 Å². The lowest BCUT2D eigenvalue weighted by molar-refractivity contribution is -0.151. The number of aliphatic carboxylic acids is 1. The lowest BCUT2D eigenvalue weighted by Gasteiger charge is -2.37. The Bertz CT molecular complexity index is 260.